The zero-order valence-electron chi connectivity index (χ0n) is 10.6. The van der Waals surface area contributed by atoms with Crippen LogP contribution in [0.2, 0.25) is 0 Å². The Labute approximate surface area is 114 Å². The van der Waals surface area contributed by atoms with Gasteiger partial charge >= 0.3 is 0 Å². The van der Waals surface area contributed by atoms with Crippen molar-refractivity contribution >= 4 is 34.2 Å². The van der Waals surface area contributed by atoms with Gasteiger partial charge in [0, 0.05) is 15.8 Å². The molecule has 1 heterocycles. The Balaban J connectivity index is 2.76. The summed E-state index contributed by atoms with van der Waals surface area (Å²) in [7, 11) is -0.913. The van der Waals surface area contributed by atoms with Crippen LogP contribution in [0, 0.1) is 5.92 Å². The van der Waals surface area contributed by atoms with Crippen molar-refractivity contribution < 1.29 is 4.79 Å². The molecule has 0 saturated heterocycles. The summed E-state index contributed by atoms with van der Waals surface area (Å²) in [6, 6.07) is 3.23. The average Bonchev–Trinajstić information content (AvgIpc) is 2.76. The van der Waals surface area contributed by atoms with E-state index in [2.05, 4.69) is 10.9 Å². The first-order chi connectivity index (χ1) is 8.43. The first-order valence-corrected chi connectivity index (χ1v) is 7.72. The smallest absolute Gasteiger partial charge is 0.269 e. The molecule has 4 N–H and O–H groups in total. The van der Waals surface area contributed by atoms with Crippen LogP contribution in [-0.4, -0.2) is 11.9 Å². The van der Waals surface area contributed by atoms with Crippen molar-refractivity contribution in [3.8, 4) is 0 Å². The third kappa shape index (κ3) is 4.45. The highest BCUT2D eigenvalue weighted by atomic mass is 32.2. The monoisotopic (exact) mass is 285 g/mol. The first kappa shape index (κ1) is 15.2. The van der Waals surface area contributed by atoms with E-state index in [0.29, 0.717) is 12.3 Å². The fourth-order valence-corrected chi connectivity index (χ4v) is 3.33. The second-order valence-corrected chi connectivity index (χ2v) is 6.97. The van der Waals surface area contributed by atoms with Gasteiger partial charge in [-0.05, 0) is 24.5 Å². The number of rotatable bonds is 5. The highest BCUT2D eigenvalue weighted by Gasteiger charge is 2.15. The summed E-state index contributed by atoms with van der Waals surface area (Å²) in [6.07, 6.45) is 2.37. The van der Waals surface area contributed by atoms with Gasteiger partial charge in [-0.1, -0.05) is 26.5 Å². The van der Waals surface area contributed by atoms with E-state index in [4.69, 9.17) is 10.9 Å². The van der Waals surface area contributed by atoms with Crippen molar-refractivity contribution in [2.24, 2.45) is 21.2 Å². The number of carbonyl (C=O) groups excluding carboxylic acids is 1. The van der Waals surface area contributed by atoms with Crippen LogP contribution in [-0.2, 0) is 15.7 Å². The minimum atomic E-state index is -0.913. The van der Waals surface area contributed by atoms with Gasteiger partial charge in [-0.3, -0.25) is 9.93 Å². The Morgan fingerprint density at radius 1 is 1.61 bits per heavy atom. The van der Waals surface area contributed by atoms with E-state index in [1.165, 1.54) is 11.3 Å². The van der Waals surface area contributed by atoms with Crippen molar-refractivity contribution in [2.75, 3.05) is 0 Å². The second kappa shape index (κ2) is 6.94. The molecule has 4 nitrogen and oxygen atoms in total. The lowest BCUT2D eigenvalue weighted by Crippen LogP contribution is -2.31. The van der Waals surface area contributed by atoms with E-state index < -0.39 is 16.9 Å². The van der Waals surface area contributed by atoms with E-state index >= 15 is 0 Å². The molecule has 100 valence electrons. The zero-order valence-corrected chi connectivity index (χ0v) is 12.3. The van der Waals surface area contributed by atoms with Gasteiger partial charge in [0.05, 0.1) is 10.3 Å². The molecule has 0 fully saturated rings. The minimum absolute atomic E-state index is 0.317. The summed E-state index contributed by atoms with van der Waals surface area (Å²) in [5.41, 5.74) is 5.77. The first-order valence-electron chi connectivity index (χ1n) is 5.66. The van der Waals surface area contributed by atoms with Crippen molar-refractivity contribution in [1.29, 1.82) is 0 Å². The van der Waals surface area contributed by atoms with Crippen LogP contribution < -0.4 is 10.9 Å². The number of hydrogen-bond donors (Lipinski definition) is 2. The normalized spacial score (nSPS) is 14.7. The number of thiophene rings is 1. The molecular formula is C12H19N3OS2. The highest BCUT2D eigenvalue weighted by Crippen LogP contribution is 2.20. The third-order valence-electron chi connectivity index (χ3n) is 2.24. The molecule has 1 aromatic heterocycles. The van der Waals surface area contributed by atoms with Gasteiger partial charge in [-0.15, -0.1) is 11.3 Å². The molecule has 0 spiro atoms. The summed E-state index contributed by atoms with van der Waals surface area (Å²) < 4.78 is 4.84. The van der Waals surface area contributed by atoms with Crippen LogP contribution in [0.1, 0.15) is 25.1 Å². The standard InChI is InChI=1S/C12H19N3OS2/c1-4-9-5-6-11(17-9)18(14)15-12(16)10(13)7-8(2)3/h4-6,8,10H,1,7,13H2,2-3H3,(H2,14,15,16). The molecule has 0 radical (unpaired) electrons. The Bertz CT molecular complexity index is 466. The molecule has 2 atom stereocenters. The Kier molecular flexibility index (Phi) is 5.87. The molecule has 0 saturated carbocycles. The van der Waals surface area contributed by atoms with Crippen LogP contribution in [0.4, 0.5) is 0 Å². The van der Waals surface area contributed by atoms with Crippen LogP contribution in [0.5, 0.6) is 0 Å². The molecule has 2 unspecified atom stereocenters. The number of amides is 1. The summed E-state index contributed by atoms with van der Waals surface area (Å²) in [4.78, 5) is 12.8. The number of nitrogens with zero attached hydrogens (tertiary/aromatic N) is 1. The molecule has 18 heavy (non-hydrogen) atoms. The number of nitrogens with two attached hydrogens (primary N) is 2. The SMILES string of the molecule is C=Cc1ccc(S(N)=NC(=O)C(N)CC(C)C)s1. The lowest BCUT2D eigenvalue weighted by atomic mass is 10.0. The van der Waals surface area contributed by atoms with Gasteiger partial charge < -0.3 is 5.73 Å². The van der Waals surface area contributed by atoms with Crippen molar-refractivity contribution in [3.63, 3.8) is 0 Å². The van der Waals surface area contributed by atoms with Gasteiger partial charge in [0.15, 0.2) is 0 Å². The number of carbonyl (C=O) groups is 1. The van der Waals surface area contributed by atoms with E-state index in [1.807, 2.05) is 26.0 Å². The Morgan fingerprint density at radius 2 is 2.28 bits per heavy atom. The van der Waals surface area contributed by atoms with Crippen LogP contribution in [0.25, 0.3) is 6.08 Å². The van der Waals surface area contributed by atoms with Crippen molar-refractivity contribution in [3.05, 3.63) is 23.6 Å². The minimum Gasteiger partial charge on any atom is -0.320 e. The zero-order chi connectivity index (χ0) is 13.7. The molecule has 0 aliphatic heterocycles. The van der Waals surface area contributed by atoms with E-state index in [-0.39, 0.29) is 5.91 Å². The molecule has 0 aliphatic carbocycles. The topological polar surface area (TPSA) is 81.5 Å². The van der Waals surface area contributed by atoms with Gasteiger partial charge in [0.1, 0.15) is 0 Å². The van der Waals surface area contributed by atoms with Gasteiger partial charge in [-0.2, -0.15) is 4.36 Å². The van der Waals surface area contributed by atoms with E-state index in [9.17, 15) is 4.79 Å². The van der Waals surface area contributed by atoms with Crippen LogP contribution in [0.15, 0.2) is 27.3 Å². The van der Waals surface area contributed by atoms with Gasteiger partial charge in [-0.25, -0.2) is 0 Å². The maximum Gasteiger partial charge on any atom is 0.269 e. The summed E-state index contributed by atoms with van der Waals surface area (Å²) >= 11 is 1.49. The van der Waals surface area contributed by atoms with Gasteiger partial charge in [0.25, 0.3) is 5.91 Å². The molecule has 1 rings (SSSR count). The van der Waals surface area contributed by atoms with Crippen LogP contribution >= 0.6 is 11.3 Å². The average molecular weight is 285 g/mol. The Morgan fingerprint density at radius 3 is 2.78 bits per heavy atom. The Hall–Kier alpha value is -0.820. The summed E-state index contributed by atoms with van der Waals surface area (Å²) in [6.45, 7) is 7.72. The molecule has 0 aliphatic rings. The largest absolute Gasteiger partial charge is 0.320 e. The molecule has 0 bridgehead atoms. The number of hydrogen-bond acceptors (Lipinski definition) is 3. The maximum absolute atomic E-state index is 11.8. The van der Waals surface area contributed by atoms with E-state index in [1.54, 1.807) is 6.08 Å². The lowest BCUT2D eigenvalue weighted by molar-refractivity contribution is -0.119. The second-order valence-electron chi connectivity index (χ2n) is 4.34. The third-order valence-corrected chi connectivity index (χ3v) is 4.80. The molecule has 1 aromatic rings. The molecular weight excluding hydrogens is 266 g/mol. The predicted molar refractivity (Wildman–Crippen MR) is 79.1 cm³/mol. The highest BCUT2D eigenvalue weighted by molar-refractivity contribution is 7.87. The molecule has 6 heteroatoms. The fourth-order valence-electron chi connectivity index (χ4n) is 1.37. The van der Waals surface area contributed by atoms with Crippen molar-refractivity contribution in [2.45, 2.75) is 30.5 Å². The summed E-state index contributed by atoms with van der Waals surface area (Å²) in [5.74, 6) is 0.0518. The molecule has 0 aromatic carbocycles. The lowest BCUT2D eigenvalue weighted by Gasteiger charge is -2.10. The summed E-state index contributed by atoms with van der Waals surface area (Å²) in [5, 5.41) is 5.89. The van der Waals surface area contributed by atoms with Crippen molar-refractivity contribution in [1.82, 2.24) is 0 Å². The fraction of sp³-hybridized carbons (Fsp3) is 0.417. The van der Waals surface area contributed by atoms with E-state index in [0.717, 1.165) is 9.09 Å². The quantitative estimate of drug-likeness (QED) is 0.871. The molecule has 1 amide bonds. The van der Waals surface area contributed by atoms with Crippen LogP contribution in [0.3, 0.4) is 0 Å². The predicted octanol–water partition coefficient (Wildman–Crippen LogP) is 2.33. The van der Waals surface area contributed by atoms with Gasteiger partial charge in [0.2, 0.25) is 0 Å². The maximum atomic E-state index is 11.8.